The molecule has 0 bridgehead atoms. The van der Waals surface area contributed by atoms with Gasteiger partial charge in [-0.25, -0.2) is 4.79 Å². The summed E-state index contributed by atoms with van der Waals surface area (Å²) in [4.78, 5) is 19.2. The Labute approximate surface area is 237 Å². The van der Waals surface area contributed by atoms with E-state index in [-0.39, 0.29) is 0 Å². The molecular formula is C30H31ClN2O5S. The Morgan fingerprint density at radius 1 is 0.949 bits per heavy atom. The van der Waals surface area contributed by atoms with Gasteiger partial charge in [0.25, 0.3) is 0 Å². The number of aromatic nitrogens is 1. The number of hydrogen-bond donors (Lipinski definition) is 1. The molecular weight excluding hydrogens is 536 g/mol. The maximum atomic E-state index is 12.2. The van der Waals surface area contributed by atoms with Crippen molar-refractivity contribution in [1.29, 1.82) is 0 Å². The molecule has 1 amide bonds. The smallest absolute Gasteiger partial charge is 0.411 e. The van der Waals surface area contributed by atoms with Crippen LogP contribution >= 0.6 is 23.4 Å². The quantitative estimate of drug-likeness (QED) is 0.153. The number of hydrogen-bond acceptors (Lipinski definition) is 6. The van der Waals surface area contributed by atoms with E-state index < -0.39 is 6.09 Å². The number of pyridine rings is 1. The van der Waals surface area contributed by atoms with Crippen molar-refractivity contribution in [2.75, 3.05) is 31.4 Å². The number of methoxy groups -OCH3 is 2. The Bertz CT molecular complexity index is 1510. The van der Waals surface area contributed by atoms with Crippen LogP contribution in [-0.4, -0.2) is 42.7 Å². The molecule has 9 heteroatoms. The molecule has 0 saturated carbocycles. The number of rotatable bonds is 10. The molecule has 0 unspecified atom stereocenters. The first kappa shape index (κ1) is 28.4. The molecule has 39 heavy (non-hydrogen) atoms. The van der Waals surface area contributed by atoms with Crippen LogP contribution in [0, 0.1) is 20.8 Å². The molecule has 3 aromatic carbocycles. The first-order valence-electron chi connectivity index (χ1n) is 12.4. The van der Waals surface area contributed by atoms with Gasteiger partial charge < -0.3 is 19.3 Å². The fourth-order valence-electron chi connectivity index (χ4n) is 4.34. The number of carbonyl (C=O) groups is 1. The molecule has 4 rings (SSSR count). The molecule has 1 N–H and O–H groups in total. The Balaban J connectivity index is 1.52. The van der Waals surface area contributed by atoms with E-state index in [1.54, 1.807) is 50.4 Å². The highest BCUT2D eigenvalue weighted by Gasteiger charge is 2.20. The summed E-state index contributed by atoms with van der Waals surface area (Å²) >= 11 is 7.75. The zero-order chi connectivity index (χ0) is 28.1. The molecule has 204 valence electrons. The van der Waals surface area contributed by atoms with E-state index >= 15 is 0 Å². The van der Waals surface area contributed by atoms with E-state index in [2.05, 4.69) is 4.98 Å². The second kappa shape index (κ2) is 12.5. The maximum Gasteiger partial charge on any atom is 0.411 e. The van der Waals surface area contributed by atoms with Crippen molar-refractivity contribution in [2.45, 2.75) is 32.1 Å². The minimum absolute atomic E-state index is 0.381. The molecule has 0 atom stereocenters. The van der Waals surface area contributed by atoms with Gasteiger partial charge in [0, 0.05) is 34.1 Å². The molecule has 4 aromatic rings. The number of fused-ring (bicyclic) bond motifs is 1. The summed E-state index contributed by atoms with van der Waals surface area (Å²) < 4.78 is 17.2. The predicted octanol–water partition coefficient (Wildman–Crippen LogP) is 8.29. The number of amides is 1. The van der Waals surface area contributed by atoms with Gasteiger partial charge in [-0.15, -0.1) is 11.8 Å². The average molecular weight is 567 g/mol. The van der Waals surface area contributed by atoms with Crippen LogP contribution < -0.4 is 19.1 Å². The van der Waals surface area contributed by atoms with Crippen LogP contribution in [-0.2, 0) is 0 Å². The normalized spacial score (nSPS) is 10.9. The van der Waals surface area contributed by atoms with Crippen molar-refractivity contribution >= 4 is 46.0 Å². The minimum Gasteiger partial charge on any atom is -0.493 e. The van der Waals surface area contributed by atoms with E-state index in [1.165, 1.54) is 4.90 Å². The number of aryl methyl sites for hydroxylation is 1. The lowest BCUT2D eigenvalue weighted by molar-refractivity contribution is 0.201. The molecule has 0 aliphatic carbocycles. The lowest BCUT2D eigenvalue weighted by Crippen LogP contribution is -2.31. The van der Waals surface area contributed by atoms with E-state index in [0.717, 1.165) is 32.7 Å². The summed E-state index contributed by atoms with van der Waals surface area (Å²) in [6.07, 6.45) is 1.39. The predicted molar refractivity (Wildman–Crippen MR) is 158 cm³/mol. The van der Waals surface area contributed by atoms with Gasteiger partial charge in [-0.3, -0.25) is 9.88 Å². The van der Waals surface area contributed by atoms with Gasteiger partial charge in [-0.1, -0.05) is 11.6 Å². The highest BCUT2D eigenvalue weighted by Crippen LogP contribution is 2.39. The van der Waals surface area contributed by atoms with Crippen LogP contribution in [0.15, 0.2) is 59.6 Å². The highest BCUT2D eigenvalue weighted by atomic mass is 35.5. The largest absolute Gasteiger partial charge is 0.493 e. The van der Waals surface area contributed by atoms with Crippen molar-refractivity contribution in [2.24, 2.45) is 0 Å². The van der Waals surface area contributed by atoms with Gasteiger partial charge in [0.15, 0.2) is 11.5 Å². The molecule has 0 aliphatic rings. The zero-order valence-electron chi connectivity index (χ0n) is 22.6. The van der Waals surface area contributed by atoms with Gasteiger partial charge in [0.1, 0.15) is 11.5 Å². The summed E-state index contributed by atoms with van der Waals surface area (Å²) in [6.45, 7) is 6.25. The van der Waals surface area contributed by atoms with Gasteiger partial charge >= 0.3 is 6.09 Å². The van der Waals surface area contributed by atoms with Crippen LogP contribution in [0.25, 0.3) is 10.9 Å². The Hall–Kier alpha value is -3.62. The summed E-state index contributed by atoms with van der Waals surface area (Å²) in [6, 6.07) is 14.9. The molecule has 0 saturated heterocycles. The van der Waals surface area contributed by atoms with E-state index in [0.29, 0.717) is 52.2 Å². The summed E-state index contributed by atoms with van der Waals surface area (Å²) in [5.74, 6) is 3.20. The third-order valence-electron chi connectivity index (χ3n) is 6.58. The summed E-state index contributed by atoms with van der Waals surface area (Å²) in [5, 5.41) is 11.5. The number of halogens is 1. The molecule has 0 radical (unpaired) electrons. The van der Waals surface area contributed by atoms with Crippen molar-refractivity contribution in [3.8, 4) is 23.0 Å². The first-order valence-corrected chi connectivity index (χ1v) is 13.8. The maximum absolute atomic E-state index is 12.2. The molecule has 7 nitrogen and oxygen atoms in total. The SMILES string of the molecule is COc1cc2nccc(Oc3ccc(N(CCCSc4ccc(Cl)cc4C)C(=O)O)c(C)c3C)c2cc1OC. The number of ether oxygens (including phenoxy) is 3. The molecule has 0 fully saturated rings. The molecule has 0 aliphatic heterocycles. The van der Waals surface area contributed by atoms with Gasteiger partial charge in [0.05, 0.1) is 25.4 Å². The van der Waals surface area contributed by atoms with Gasteiger partial charge in [-0.05, 0) is 92.1 Å². The minimum atomic E-state index is -0.986. The standard InChI is InChI=1S/C30H31ClN2O5S/c1-18-15-21(31)7-10-29(18)39-14-6-13-33(30(34)35)24-8-9-25(20(3)19(24)2)38-26-11-12-32-23-17-28(37-5)27(36-4)16-22(23)26/h7-12,15-17H,6,13-14H2,1-5H3,(H,34,35). The average Bonchev–Trinajstić information content (AvgIpc) is 2.92. The van der Waals surface area contributed by atoms with Crippen LogP contribution in [0.2, 0.25) is 5.02 Å². The summed E-state index contributed by atoms with van der Waals surface area (Å²) in [5.41, 5.74) is 4.17. The van der Waals surface area contributed by atoms with Crippen LogP contribution in [0.3, 0.4) is 0 Å². The fourth-order valence-corrected chi connectivity index (χ4v) is 5.51. The Morgan fingerprint density at radius 2 is 1.69 bits per heavy atom. The molecule has 1 heterocycles. The van der Waals surface area contributed by atoms with Gasteiger partial charge in [-0.2, -0.15) is 0 Å². The van der Waals surface area contributed by atoms with E-state index in [9.17, 15) is 9.90 Å². The second-order valence-electron chi connectivity index (χ2n) is 9.01. The third-order valence-corrected chi connectivity index (χ3v) is 8.07. The number of carboxylic acid groups (broad SMARTS) is 1. The topological polar surface area (TPSA) is 81.1 Å². The number of anilines is 1. The van der Waals surface area contributed by atoms with Crippen LogP contribution in [0.4, 0.5) is 10.5 Å². The Kier molecular flexibility index (Phi) is 9.09. The Morgan fingerprint density at radius 3 is 2.38 bits per heavy atom. The highest BCUT2D eigenvalue weighted by molar-refractivity contribution is 7.99. The van der Waals surface area contributed by atoms with Crippen molar-refractivity contribution in [3.63, 3.8) is 0 Å². The summed E-state index contributed by atoms with van der Waals surface area (Å²) in [7, 11) is 3.16. The third kappa shape index (κ3) is 6.34. The number of thioether (sulfide) groups is 1. The molecule has 1 aromatic heterocycles. The first-order chi connectivity index (χ1) is 18.7. The van der Waals surface area contributed by atoms with Gasteiger partial charge in [0.2, 0.25) is 0 Å². The zero-order valence-corrected chi connectivity index (χ0v) is 24.2. The second-order valence-corrected chi connectivity index (χ2v) is 10.6. The lowest BCUT2D eigenvalue weighted by atomic mass is 10.1. The van der Waals surface area contributed by atoms with Crippen LogP contribution in [0.5, 0.6) is 23.0 Å². The fraction of sp³-hybridized carbons (Fsp3) is 0.267. The lowest BCUT2D eigenvalue weighted by Gasteiger charge is -2.23. The monoisotopic (exact) mass is 566 g/mol. The van der Waals surface area contributed by atoms with Crippen LogP contribution in [0.1, 0.15) is 23.1 Å². The van der Waals surface area contributed by atoms with E-state index in [1.807, 2.05) is 51.1 Å². The molecule has 0 spiro atoms. The van der Waals surface area contributed by atoms with Crippen molar-refractivity contribution in [3.05, 3.63) is 76.4 Å². The van der Waals surface area contributed by atoms with Crippen molar-refractivity contribution in [1.82, 2.24) is 4.98 Å². The number of benzene rings is 3. The van der Waals surface area contributed by atoms with E-state index in [4.69, 9.17) is 25.8 Å². The van der Waals surface area contributed by atoms with Crippen molar-refractivity contribution < 1.29 is 24.1 Å². The number of nitrogens with zero attached hydrogens (tertiary/aromatic N) is 2.